The average Bonchev–Trinajstić information content (AvgIpc) is 2.74. The van der Waals surface area contributed by atoms with Gasteiger partial charge in [0.15, 0.2) is 0 Å². The first kappa shape index (κ1) is 21.2. The number of sulfonamides is 1. The summed E-state index contributed by atoms with van der Waals surface area (Å²) < 4.78 is 34.4. The van der Waals surface area contributed by atoms with Gasteiger partial charge in [0.2, 0.25) is 5.91 Å². The summed E-state index contributed by atoms with van der Waals surface area (Å²) in [6.45, 7) is 10.2. The highest BCUT2D eigenvalue weighted by Gasteiger charge is 2.37. The molecule has 0 unspecified atom stereocenters. The predicted octanol–water partition coefficient (Wildman–Crippen LogP) is 4.27. The van der Waals surface area contributed by atoms with Crippen LogP contribution in [0.5, 0.6) is 5.75 Å². The minimum absolute atomic E-state index is 0.00168. The molecule has 1 N–H and O–H groups in total. The summed E-state index contributed by atoms with van der Waals surface area (Å²) in [7, 11) is -3.75. The van der Waals surface area contributed by atoms with Crippen LogP contribution in [0.1, 0.15) is 38.3 Å². The zero-order chi connectivity index (χ0) is 21.4. The number of aryl methyl sites for hydroxylation is 2. The molecule has 0 aromatic heterocycles. The fourth-order valence-corrected chi connectivity index (χ4v) is 4.74. The van der Waals surface area contributed by atoms with Crippen LogP contribution in [0, 0.1) is 19.3 Å². The molecule has 0 spiro atoms. The summed E-state index contributed by atoms with van der Waals surface area (Å²) in [6, 6.07) is 10.4. The van der Waals surface area contributed by atoms with Crippen LogP contribution in [0.4, 0.5) is 11.4 Å². The van der Waals surface area contributed by atoms with Crippen molar-refractivity contribution in [3.63, 3.8) is 0 Å². The highest BCUT2D eigenvalue weighted by molar-refractivity contribution is 7.92. The highest BCUT2D eigenvalue weighted by Crippen LogP contribution is 2.38. The van der Waals surface area contributed by atoms with Crippen molar-refractivity contribution in [2.24, 2.45) is 5.41 Å². The molecule has 0 aliphatic carbocycles. The van der Waals surface area contributed by atoms with Gasteiger partial charge in [0, 0.05) is 12.6 Å². The fourth-order valence-electron chi connectivity index (χ4n) is 3.36. The number of hydrogen-bond donors (Lipinski definition) is 1. The maximum atomic E-state index is 12.9. The fraction of sp³-hybridized carbons (Fsp3) is 0.409. The summed E-state index contributed by atoms with van der Waals surface area (Å²) >= 11 is 0. The minimum atomic E-state index is -3.75. The molecule has 1 aliphatic rings. The van der Waals surface area contributed by atoms with Crippen LogP contribution in [0.2, 0.25) is 0 Å². The van der Waals surface area contributed by atoms with E-state index >= 15 is 0 Å². The van der Waals surface area contributed by atoms with E-state index in [-0.39, 0.29) is 17.4 Å². The highest BCUT2D eigenvalue weighted by atomic mass is 32.2. The van der Waals surface area contributed by atoms with E-state index in [0.29, 0.717) is 29.2 Å². The standard InChI is InChI=1S/C22H28N2O4S/c1-6-11-24-18-10-9-17(13-19(18)28-14-22(4,5)21(24)25)23-29(26,27)20-12-15(2)7-8-16(20)3/h7-10,12-13,23H,6,11,14H2,1-5H3. The maximum absolute atomic E-state index is 12.9. The summed E-state index contributed by atoms with van der Waals surface area (Å²) in [5, 5.41) is 0. The number of rotatable bonds is 5. The Morgan fingerprint density at radius 1 is 1.14 bits per heavy atom. The first-order chi connectivity index (χ1) is 13.5. The van der Waals surface area contributed by atoms with Gasteiger partial charge in [-0.2, -0.15) is 0 Å². The van der Waals surface area contributed by atoms with Crippen molar-refractivity contribution in [3.05, 3.63) is 47.5 Å². The normalized spacial score (nSPS) is 16.0. The van der Waals surface area contributed by atoms with Crippen LogP contribution < -0.4 is 14.4 Å². The van der Waals surface area contributed by atoms with E-state index in [9.17, 15) is 13.2 Å². The van der Waals surface area contributed by atoms with Crippen LogP contribution in [-0.4, -0.2) is 27.5 Å². The SMILES string of the molecule is CCCN1C(=O)C(C)(C)COc2cc(NS(=O)(=O)c3cc(C)ccc3C)ccc21. The van der Waals surface area contributed by atoms with Crippen molar-refractivity contribution >= 4 is 27.3 Å². The maximum Gasteiger partial charge on any atom is 0.262 e. The molecule has 29 heavy (non-hydrogen) atoms. The zero-order valence-corrected chi connectivity index (χ0v) is 18.4. The lowest BCUT2D eigenvalue weighted by molar-refractivity contribution is -0.127. The lowest BCUT2D eigenvalue weighted by atomic mass is 9.93. The van der Waals surface area contributed by atoms with Gasteiger partial charge >= 0.3 is 0 Å². The smallest absolute Gasteiger partial charge is 0.262 e. The van der Waals surface area contributed by atoms with Gasteiger partial charge in [0.25, 0.3) is 10.0 Å². The van der Waals surface area contributed by atoms with Gasteiger partial charge in [0.1, 0.15) is 12.4 Å². The van der Waals surface area contributed by atoms with Gasteiger partial charge in [-0.25, -0.2) is 8.42 Å². The van der Waals surface area contributed by atoms with Crippen molar-refractivity contribution in [2.45, 2.75) is 45.9 Å². The van der Waals surface area contributed by atoms with E-state index < -0.39 is 15.4 Å². The molecule has 2 aromatic rings. The predicted molar refractivity (Wildman–Crippen MR) is 115 cm³/mol. The molecule has 3 rings (SSSR count). The van der Waals surface area contributed by atoms with E-state index in [0.717, 1.165) is 12.0 Å². The summed E-state index contributed by atoms with van der Waals surface area (Å²) in [4.78, 5) is 14.9. The Labute approximate surface area is 172 Å². The number of fused-ring (bicyclic) bond motifs is 1. The lowest BCUT2D eigenvalue weighted by Crippen LogP contribution is -2.42. The second kappa shape index (κ2) is 7.71. The topological polar surface area (TPSA) is 75.7 Å². The molecule has 156 valence electrons. The molecule has 0 saturated heterocycles. The van der Waals surface area contributed by atoms with Gasteiger partial charge in [-0.3, -0.25) is 9.52 Å². The Balaban J connectivity index is 1.98. The molecule has 1 amide bonds. The lowest BCUT2D eigenvalue weighted by Gasteiger charge is -2.27. The number of benzene rings is 2. The van der Waals surface area contributed by atoms with Gasteiger partial charge in [-0.05, 0) is 63.4 Å². The molecule has 1 heterocycles. The second-order valence-corrected chi connectivity index (χ2v) is 9.84. The Morgan fingerprint density at radius 2 is 1.86 bits per heavy atom. The van der Waals surface area contributed by atoms with Crippen LogP contribution in [0.3, 0.4) is 0 Å². The number of ether oxygens (including phenoxy) is 1. The number of nitrogens with zero attached hydrogens (tertiary/aromatic N) is 1. The zero-order valence-electron chi connectivity index (χ0n) is 17.6. The van der Waals surface area contributed by atoms with E-state index in [1.807, 2.05) is 33.8 Å². The molecule has 1 aliphatic heterocycles. The number of carbonyl (C=O) groups excluding carboxylic acids is 1. The molecule has 0 fully saturated rings. The molecule has 7 heteroatoms. The van der Waals surface area contributed by atoms with E-state index in [1.165, 1.54) is 0 Å². The first-order valence-corrected chi connectivity index (χ1v) is 11.2. The van der Waals surface area contributed by atoms with Crippen LogP contribution in [0.15, 0.2) is 41.3 Å². The Kier molecular flexibility index (Phi) is 5.63. The van der Waals surface area contributed by atoms with Crippen LogP contribution >= 0.6 is 0 Å². The largest absolute Gasteiger partial charge is 0.490 e. The Bertz CT molecular complexity index is 1040. The first-order valence-electron chi connectivity index (χ1n) is 9.74. The average molecular weight is 417 g/mol. The minimum Gasteiger partial charge on any atom is -0.490 e. The Morgan fingerprint density at radius 3 is 2.55 bits per heavy atom. The monoisotopic (exact) mass is 416 g/mol. The summed E-state index contributed by atoms with van der Waals surface area (Å²) in [5.41, 5.74) is 1.95. The third-order valence-corrected chi connectivity index (χ3v) is 6.52. The number of carbonyl (C=O) groups is 1. The molecule has 2 aromatic carbocycles. The van der Waals surface area contributed by atoms with Crippen molar-refractivity contribution in [2.75, 3.05) is 22.8 Å². The number of hydrogen-bond acceptors (Lipinski definition) is 4. The molecule has 0 radical (unpaired) electrons. The second-order valence-electron chi connectivity index (χ2n) is 8.19. The van der Waals surface area contributed by atoms with Crippen molar-refractivity contribution in [1.29, 1.82) is 0 Å². The molecule has 0 atom stereocenters. The number of amides is 1. The number of nitrogens with one attached hydrogen (secondary N) is 1. The summed E-state index contributed by atoms with van der Waals surface area (Å²) in [5.74, 6) is 0.500. The van der Waals surface area contributed by atoms with Crippen molar-refractivity contribution in [3.8, 4) is 5.75 Å². The summed E-state index contributed by atoms with van der Waals surface area (Å²) in [6.07, 6.45) is 0.808. The van der Waals surface area contributed by atoms with Gasteiger partial charge in [-0.1, -0.05) is 19.1 Å². The molecule has 0 bridgehead atoms. The van der Waals surface area contributed by atoms with Crippen molar-refractivity contribution in [1.82, 2.24) is 0 Å². The molecule has 0 saturated carbocycles. The van der Waals surface area contributed by atoms with Gasteiger partial charge < -0.3 is 9.64 Å². The molecule has 6 nitrogen and oxygen atoms in total. The quantitative estimate of drug-likeness (QED) is 0.790. The van der Waals surface area contributed by atoms with E-state index in [4.69, 9.17) is 4.74 Å². The third kappa shape index (κ3) is 4.24. The third-order valence-electron chi connectivity index (χ3n) is 5.00. The number of anilines is 2. The molecular formula is C22H28N2O4S. The van der Waals surface area contributed by atoms with E-state index in [2.05, 4.69) is 4.72 Å². The van der Waals surface area contributed by atoms with Crippen LogP contribution in [-0.2, 0) is 14.8 Å². The molecular weight excluding hydrogens is 388 g/mol. The van der Waals surface area contributed by atoms with Crippen molar-refractivity contribution < 1.29 is 17.9 Å². The van der Waals surface area contributed by atoms with Gasteiger partial charge in [-0.15, -0.1) is 0 Å². The van der Waals surface area contributed by atoms with Crippen LogP contribution in [0.25, 0.3) is 0 Å². The Hall–Kier alpha value is -2.54. The van der Waals surface area contributed by atoms with Gasteiger partial charge in [0.05, 0.1) is 21.7 Å². The van der Waals surface area contributed by atoms with E-state index in [1.54, 1.807) is 42.2 Å².